The molecule has 2 aliphatic heterocycles. The van der Waals surface area contributed by atoms with Crippen LogP contribution in [-0.4, -0.2) is 26.2 Å². The van der Waals surface area contributed by atoms with Gasteiger partial charge in [-0.15, -0.1) is 0 Å². The van der Waals surface area contributed by atoms with Crippen LogP contribution in [0, 0.1) is 5.92 Å². The summed E-state index contributed by atoms with van der Waals surface area (Å²) in [6.45, 7) is 2.32. The Morgan fingerprint density at radius 3 is 3.29 bits per heavy atom. The zero-order valence-electron chi connectivity index (χ0n) is 10.5. The van der Waals surface area contributed by atoms with Gasteiger partial charge in [-0.05, 0) is 13.0 Å². The molecule has 6 heteroatoms. The Bertz CT molecular complexity index is 537. The van der Waals surface area contributed by atoms with Gasteiger partial charge >= 0.3 is 5.69 Å². The van der Waals surface area contributed by atoms with Crippen LogP contribution >= 0.6 is 11.8 Å². The average molecular weight is 254 g/mol. The predicted octanol–water partition coefficient (Wildman–Crippen LogP) is 0.865. The lowest BCUT2D eigenvalue weighted by molar-refractivity contribution is -0.0610. The molecular formula is C11H15N3O2S. The van der Waals surface area contributed by atoms with Crippen molar-refractivity contribution in [2.75, 3.05) is 11.5 Å². The van der Waals surface area contributed by atoms with E-state index in [0.717, 1.165) is 5.75 Å². The highest BCUT2D eigenvalue weighted by Crippen LogP contribution is 2.54. The van der Waals surface area contributed by atoms with Crippen LogP contribution in [0.2, 0.25) is 0 Å². The first kappa shape index (κ1) is 9.96. The van der Waals surface area contributed by atoms with Crippen LogP contribution in [0.5, 0.6) is 0 Å². The molecule has 3 heterocycles. The van der Waals surface area contributed by atoms with Gasteiger partial charge in [0.25, 0.3) is 0 Å². The maximum Gasteiger partial charge on any atom is 0.351 e. The maximum atomic E-state index is 11.8. The molecule has 92 valence electrons. The Morgan fingerprint density at radius 2 is 2.65 bits per heavy atom. The van der Waals surface area contributed by atoms with Gasteiger partial charge in [0, 0.05) is 19.2 Å². The molecule has 0 unspecified atom stereocenters. The Balaban J connectivity index is 1.98. The van der Waals surface area contributed by atoms with Crippen LogP contribution in [0.3, 0.4) is 0 Å². The van der Waals surface area contributed by atoms with Crippen LogP contribution in [-0.2, 0) is 4.74 Å². The number of nitrogen functional groups attached to an aromatic ring is 1. The van der Waals surface area contributed by atoms with Gasteiger partial charge in [-0.3, -0.25) is 4.57 Å². The van der Waals surface area contributed by atoms with Crippen molar-refractivity contribution in [2.24, 2.45) is 5.92 Å². The summed E-state index contributed by atoms with van der Waals surface area (Å²) in [7, 11) is 0. The molecule has 4 atom stereocenters. The van der Waals surface area contributed by atoms with Crippen molar-refractivity contribution in [2.45, 2.75) is 30.9 Å². The van der Waals surface area contributed by atoms with E-state index in [4.69, 9.17) is 11.8 Å². The van der Waals surface area contributed by atoms with Crippen molar-refractivity contribution in [1.82, 2.24) is 9.55 Å². The second-order valence-electron chi connectivity index (χ2n) is 4.68. The van der Waals surface area contributed by atoms with Crippen LogP contribution in [0.15, 0.2) is 17.1 Å². The first-order chi connectivity index (χ1) is 8.57. The zero-order chi connectivity index (χ0) is 12.9. The van der Waals surface area contributed by atoms with Crippen molar-refractivity contribution in [3.05, 3.63) is 22.7 Å². The highest BCUT2D eigenvalue weighted by molar-refractivity contribution is 8.00. The molecule has 1 aromatic rings. The van der Waals surface area contributed by atoms with E-state index in [1.807, 2.05) is 0 Å². The molecule has 2 bridgehead atoms. The van der Waals surface area contributed by atoms with Gasteiger partial charge in [0.05, 0.1) is 10.9 Å². The monoisotopic (exact) mass is 254 g/mol. The summed E-state index contributed by atoms with van der Waals surface area (Å²) >= 11 is 1.78. The summed E-state index contributed by atoms with van der Waals surface area (Å²) in [4.78, 5) is 15.6. The highest BCUT2D eigenvalue weighted by atomic mass is 32.2. The number of nitrogens with zero attached hydrogens (tertiary/aromatic N) is 2. The molecule has 5 nitrogen and oxygen atoms in total. The molecule has 2 saturated heterocycles. The number of aromatic nitrogens is 2. The van der Waals surface area contributed by atoms with Gasteiger partial charge in [-0.1, -0.05) is 6.92 Å². The fourth-order valence-corrected chi connectivity index (χ4v) is 4.12. The molecule has 17 heavy (non-hydrogen) atoms. The minimum atomic E-state index is -0.416. The van der Waals surface area contributed by atoms with Crippen LogP contribution in [0.4, 0.5) is 5.82 Å². The van der Waals surface area contributed by atoms with E-state index < -0.39 is 5.60 Å². The van der Waals surface area contributed by atoms with E-state index in [-0.39, 0.29) is 35.8 Å². The van der Waals surface area contributed by atoms with E-state index in [0.29, 0.717) is 0 Å². The van der Waals surface area contributed by atoms with Gasteiger partial charge in [0.15, 0.2) is 6.23 Å². The van der Waals surface area contributed by atoms with Gasteiger partial charge < -0.3 is 10.5 Å². The molecule has 2 aliphatic rings. The molecular weight excluding hydrogens is 238 g/mol. The third-order valence-electron chi connectivity index (χ3n) is 3.60. The molecule has 3 rings (SSSR count). The number of ether oxygens (including phenoxy) is 1. The van der Waals surface area contributed by atoms with Gasteiger partial charge in [-0.2, -0.15) is 16.7 Å². The number of thioether (sulfide) groups is 1. The molecule has 1 aromatic heterocycles. The number of hydrogen-bond donors (Lipinski definition) is 1. The van der Waals surface area contributed by atoms with E-state index in [1.54, 1.807) is 24.0 Å². The number of hydrogen-bond acceptors (Lipinski definition) is 5. The number of nitrogens with two attached hydrogens (primary N) is 1. The predicted molar refractivity (Wildman–Crippen MR) is 66.8 cm³/mol. The van der Waals surface area contributed by atoms with Gasteiger partial charge in [0.1, 0.15) is 5.82 Å². The highest BCUT2D eigenvalue weighted by Gasteiger charge is 2.56. The van der Waals surface area contributed by atoms with Crippen LogP contribution in [0.1, 0.15) is 21.4 Å². The minimum absolute atomic E-state index is 0.207. The molecule has 0 saturated carbocycles. The maximum absolute atomic E-state index is 11.8. The first-order valence-electron chi connectivity index (χ1n) is 6.21. The summed E-state index contributed by atoms with van der Waals surface area (Å²) in [5, 5.41) is 0.207. The van der Waals surface area contributed by atoms with E-state index in [2.05, 4.69) is 11.9 Å². The SMILES string of the molecule is [2H]C[C@@]12CS[C@@H]([C@H](n3ccc(N)nc3=O)O1)[C@@H]2C. The Labute approximate surface area is 105 Å². The summed E-state index contributed by atoms with van der Waals surface area (Å²) in [5.41, 5.74) is 4.68. The van der Waals surface area contributed by atoms with E-state index in [1.165, 1.54) is 4.57 Å². The van der Waals surface area contributed by atoms with Gasteiger partial charge in [0.2, 0.25) is 0 Å². The lowest BCUT2D eigenvalue weighted by Gasteiger charge is -2.28. The average Bonchev–Trinajstić information content (AvgIpc) is 2.81. The quantitative estimate of drug-likeness (QED) is 0.805. The fourth-order valence-electron chi connectivity index (χ4n) is 2.43. The Morgan fingerprint density at radius 1 is 1.82 bits per heavy atom. The smallest absolute Gasteiger partial charge is 0.351 e. The zero-order valence-corrected chi connectivity index (χ0v) is 10.3. The van der Waals surface area contributed by atoms with Crippen LogP contribution < -0.4 is 11.4 Å². The summed E-state index contributed by atoms with van der Waals surface area (Å²) in [6.07, 6.45) is 1.30. The molecule has 2 fully saturated rings. The molecule has 0 radical (unpaired) electrons. The normalized spacial score (nSPS) is 40.5. The first-order valence-corrected chi connectivity index (χ1v) is 6.55. The van der Waals surface area contributed by atoms with Crippen molar-refractivity contribution >= 4 is 17.6 Å². The van der Waals surface area contributed by atoms with Crippen molar-refractivity contribution in [3.63, 3.8) is 0 Å². The van der Waals surface area contributed by atoms with Crippen molar-refractivity contribution in [1.29, 1.82) is 0 Å². The van der Waals surface area contributed by atoms with Crippen LogP contribution in [0.25, 0.3) is 0 Å². The Kier molecular flexibility index (Phi) is 2.05. The second-order valence-corrected chi connectivity index (χ2v) is 5.85. The largest absolute Gasteiger partial charge is 0.383 e. The summed E-state index contributed by atoms with van der Waals surface area (Å²) in [5.74, 6) is 1.32. The number of rotatable bonds is 1. The number of fused-ring (bicyclic) bond motifs is 2. The standard InChI is InChI=1S/C11H15N3O2S/c1-6-8-9(16-11(6,2)5-17-8)14-4-3-7(12)13-10(14)15/h3-4,6,8-9H,5H2,1-2H3,(H2,12,13,15)/t6-,8+,9+,11-/m0/s1/i2D. The molecule has 0 spiro atoms. The third kappa shape index (κ3) is 1.51. The second kappa shape index (κ2) is 3.49. The third-order valence-corrected chi connectivity index (χ3v) is 5.29. The van der Waals surface area contributed by atoms with Crippen molar-refractivity contribution in [3.8, 4) is 0 Å². The van der Waals surface area contributed by atoms with E-state index >= 15 is 0 Å². The van der Waals surface area contributed by atoms with E-state index in [9.17, 15) is 4.79 Å². The summed E-state index contributed by atoms with van der Waals surface area (Å²) < 4.78 is 15.2. The minimum Gasteiger partial charge on any atom is -0.383 e. The molecule has 2 N–H and O–H groups in total. The topological polar surface area (TPSA) is 70.1 Å². The van der Waals surface area contributed by atoms with Crippen molar-refractivity contribution < 1.29 is 6.11 Å². The molecule has 0 aromatic carbocycles. The molecule has 0 amide bonds. The Hall–Kier alpha value is -1.01. The lowest BCUT2D eigenvalue weighted by atomic mass is 9.93. The lowest BCUT2D eigenvalue weighted by Crippen LogP contribution is -2.35. The number of anilines is 1. The molecule has 0 aliphatic carbocycles. The fraction of sp³-hybridized carbons (Fsp3) is 0.636. The van der Waals surface area contributed by atoms with Gasteiger partial charge in [-0.25, -0.2) is 4.79 Å². The summed E-state index contributed by atoms with van der Waals surface area (Å²) in [6, 6.07) is 1.60.